The number of aromatic nitrogens is 2. The Morgan fingerprint density at radius 1 is 1.45 bits per heavy atom. The van der Waals surface area contributed by atoms with Crippen molar-refractivity contribution in [2.75, 3.05) is 7.05 Å². The molecule has 0 aromatic carbocycles. The summed E-state index contributed by atoms with van der Waals surface area (Å²) in [6.45, 7) is 0. The molecule has 0 aliphatic carbocycles. The maximum Gasteiger partial charge on any atom is 0.255 e. The summed E-state index contributed by atoms with van der Waals surface area (Å²) in [5.41, 5.74) is 11.7. The molecule has 0 unspecified atom stereocenters. The number of imidazole rings is 1. The van der Waals surface area contributed by atoms with E-state index in [4.69, 9.17) is 28.5 Å². The molecule has 0 aliphatic rings. The smallest absolute Gasteiger partial charge is 0.255 e. The fourth-order valence-electron chi connectivity index (χ4n) is 1.80. The number of fused-ring (bicyclic) bond motifs is 1. The van der Waals surface area contributed by atoms with Crippen LogP contribution >= 0.6 is 11.6 Å². The van der Waals surface area contributed by atoms with Gasteiger partial charge in [-0.1, -0.05) is 17.5 Å². The van der Waals surface area contributed by atoms with Crippen molar-refractivity contribution in [1.29, 1.82) is 5.41 Å². The fourth-order valence-corrected chi connectivity index (χ4v) is 1.99. The Morgan fingerprint density at radius 3 is 2.82 bits per heavy atom. The number of nitrogens with one attached hydrogen (secondary N) is 2. The van der Waals surface area contributed by atoms with Crippen LogP contribution in [0.25, 0.3) is 5.52 Å². The second-order valence-electron chi connectivity index (χ2n) is 4.25. The Morgan fingerprint density at radius 2 is 2.18 bits per heavy atom. The Balaban J connectivity index is 2.45. The zero-order chi connectivity index (χ0) is 16.3. The van der Waals surface area contributed by atoms with Crippen molar-refractivity contribution in [2.45, 2.75) is 0 Å². The van der Waals surface area contributed by atoms with Gasteiger partial charge < -0.3 is 16.8 Å². The Kier molecular flexibility index (Phi) is 4.34. The number of hydrogen-bond donors (Lipinski definition) is 4. The van der Waals surface area contributed by atoms with E-state index in [-0.39, 0.29) is 17.1 Å². The molecule has 0 aliphatic heterocycles. The fraction of sp³-hybridized carbons (Fsp3) is 0.0714. The molecule has 0 saturated carbocycles. The van der Waals surface area contributed by atoms with Crippen LogP contribution in [-0.4, -0.2) is 28.1 Å². The Bertz CT molecular complexity index is 855. The van der Waals surface area contributed by atoms with Crippen LogP contribution in [0, 0.1) is 17.3 Å². The van der Waals surface area contributed by atoms with Crippen molar-refractivity contribution in [3.05, 3.63) is 46.8 Å². The molecule has 2 rings (SSSR count). The molecule has 112 valence electrons. The van der Waals surface area contributed by atoms with Gasteiger partial charge in [0.25, 0.3) is 5.91 Å². The molecule has 22 heavy (non-hydrogen) atoms. The molecule has 0 bridgehead atoms. The van der Waals surface area contributed by atoms with E-state index in [1.165, 1.54) is 7.05 Å². The van der Waals surface area contributed by atoms with Crippen LogP contribution < -0.4 is 16.8 Å². The highest BCUT2D eigenvalue weighted by Crippen LogP contribution is 2.16. The summed E-state index contributed by atoms with van der Waals surface area (Å²) in [5, 5.41) is 10.9. The van der Waals surface area contributed by atoms with E-state index in [9.17, 15) is 4.79 Å². The van der Waals surface area contributed by atoms with Gasteiger partial charge in [-0.15, -0.1) is 0 Å². The van der Waals surface area contributed by atoms with E-state index in [1.807, 2.05) is 0 Å². The zero-order valence-electron chi connectivity index (χ0n) is 11.6. The van der Waals surface area contributed by atoms with Gasteiger partial charge in [0.2, 0.25) is 0 Å². The van der Waals surface area contributed by atoms with Gasteiger partial charge in [0.05, 0.1) is 17.3 Å². The van der Waals surface area contributed by atoms with E-state index in [0.29, 0.717) is 16.2 Å². The maximum absolute atomic E-state index is 11.4. The van der Waals surface area contributed by atoms with Crippen LogP contribution in [0.4, 0.5) is 0 Å². The highest BCUT2D eigenvalue weighted by Gasteiger charge is 2.14. The predicted molar refractivity (Wildman–Crippen MR) is 84.3 cm³/mol. The van der Waals surface area contributed by atoms with Gasteiger partial charge in [0, 0.05) is 7.05 Å². The monoisotopic (exact) mass is 316 g/mol. The van der Waals surface area contributed by atoms with E-state index >= 15 is 0 Å². The minimum atomic E-state index is -0.822. The van der Waals surface area contributed by atoms with Crippen LogP contribution in [0.3, 0.4) is 0 Å². The number of carbonyl (C=O) groups excluding carboxylic acids is 1. The summed E-state index contributed by atoms with van der Waals surface area (Å²) in [4.78, 5) is 15.4. The molecule has 0 spiro atoms. The first kappa shape index (κ1) is 15.4. The van der Waals surface area contributed by atoms with Gasteiger partial charge in [0.15, 0.2) is 0 Å². The molecule has 2 aromatic heterocycles. The molecule has 0 radical (unpaired) electrons. The lowest BCUT2D eigenvalue weighted by Gasteiger charge is -2.05. The molecule has 2 heterocycles. The summed E-state index contributed by atoms with van der Waals surface area (Å²) in [5.74, 6) is 4.54. The number of nitrogens with zero attached hydrogens (tertiary/aromatic N) is 2. The van der Waals surface area contributed by atoms with Crippen molar-refractivity contribution in [2.24, 2.45) is 11.5 Å². The van der Waals surface area contributed by atoms with Gasteiger partial charge in [-0.3, -0.25) is 14.6 Å². The van der Waals surface area contributed by atoms with Gasteiger partial charge in [-0.25, -0.2) is 4.98 Å². The zero-order valence-corrected chi connectivity index (χ0v) is 12.4. The lowest BCUT2D eigenvalue weighted by molar-refractivity contribution is -0.114. The van der Waals surface area contributed by atoms with Crippen LogP contribution in [0.2, 0.25) is 5.15 Å². The first-order valence-electron chi connectivity index (χ1n) is 6.14. The topological polar surface area (TPSA) is 122 Å². The number of nitrogens with two attached hydrogens (primary N) is 2. The SMILES string of the molecule is CN/C(N)=C(/C(=N)C#Cc1ccc(Cl)n2cncc12)C(N)=O. The number of primary amides is 1. The first-order valence-corrected chi connectivity index (χ1v) is 6.52. The number of rotatable bonds is 3. The first-order chi connectivity index (χ1) is 10.5. The summed E-state index contributed by atoms with van der Waals surface area (Å²) < 4.78 is 1.65. The van der Waals surface area contributed by atoms with Crippen LogP contribution in [0.15, 0.2) is 36.1 Å². The van der Waals surface area contributed by atoms with E-state index < -0.39 is 5.91 Å². The lowest BCUT2D eigenvalue weighted by Crippen LogP contribution is -2.29. The van der Waals surface area contributed by atoms with Crippen LogP contribution in [0.1, 0.15) is 5.56 Å². The molecular formula is C14H13ClN6O. The second kappa shape index (κ2) is 6.20. The minimum Gasteiger partial charge on any atom is -0.385 e. The van der Waals surface area contributed by atoms with Crippen LogP contribution in [0.5, 0.6) is 0 Å². The molecule has 1 amide bonds. The Labute approximate surface area is 131 Å². The average molecular weight is 317 g/mol. The highest BCUT2D eigenvalue weighted by atomic mass is 35.5. The largest absolute Gasteiger partial charge is 0.385 e. The van der Waals surface area contributed by atoms with E-state index in [1.54, 1.807) is 29.1 Å². The van der Waals surface area contributed by atoms with Crippen LogP contribution in [-0.2, 0) is 4.79 Å². The molecule has 0 saturated heterocycles. The number of carbonyl (C=O) groups is 1. The molecular weight excluding hydrogens is 304 g/mol. The number of hydrogen-bond acceptors (Lipinski definition) is 5. The van der Waals surface area contributed by atoms with E-state index in [0.717, 1.165) is 0 Å². The summed E-state index contributed by atoms with van der Waals surface area (Å²) >= 11 is 6.02. The maximum atomic E-state index is 11.4. The quantitative estimate of drug-likeness (QED) is 0.280. The predicted octanol–water partition coefficient (Wildman–Crippen LogP) is 0.234. The third kappa shape index (κ3) is 2.87. The van der Waals surface area contributed by atoms with E-state index in [2.05, 4.69) is 22.1 Å². The highest BCUT2D eigenvalue weighted by molar-refractivity contribution is 6.30. The third-order valence-corrected chi connectivity index (χ3v) is 3.20. The molecule has 7 nitrogen and oxygen atoms in total. The van der Waals surface area contributed by atoms with Gasteiger partial charge in [-0.2, -0.15) is 0 Å². The van der Waals surface area contributed by atoms with Crippen molar-refractivity contribution >= 4 is 28.7 Å². The normalized spacial score (nSPS) is 11.4. The molecule has 2 aromatic rings. The molecule has 0 atom stereocenters. The van der Waals surface area contributed by atoms with Crippen molar-refractivity contribution in [3.8, 4) is 11.8 Å². The summed E-state index contributed by atoms with van der Waals surface area (Å²) in [6.07, 6.45) is 3.16. The Hall–Kier alpha value is -2.98. The third-order valence-electron chi connectivity index (χ3n) is 2.89. The molecule has 8 heteroatoms. The molecule has 0 fully saturated rings. The second-order valence-corrected chi connectivity index (χ2v) is 4.63. The minimum absolute atomic E-state index is 0.00240. The van der Waals surface area contributed by atoms with Crippen molar-refractivity contribution in [1.82, 2.24) is 14.7 Å². The van der Waals surface area contributed by atoms with Gasteiger partial charge in [-0.05, 0) is 18.1 Å². The number of amides is 1. The summed E-state index contributed by atoms with van der Waals surface area (Å²) in [7, 11) is 1.52. The molecule has 6 N–H and O–H groups in total. The van der Waals surface area contributed by atoms with Crippen molar-refractivity contribution in [3.63, 3.8) is 0 Å². The number of halogens is 1. The van der Waals surface area contributed by atoms with Gasteiger partial charge >= 0.3 is 0 Å². The average Bonchev–Trinajstić information content (AvgIpc) is 2.96. The lowest BCUT2D eigenvalue weighted by atomic mass is 10.1. The number of pyridine rings is 1. The summed E-state index contributed by atoms with van der Waals surface area (Å²) in [6, 6.07) is 3.37. The van der Waals surface area contributed by atoms with Crippen molar-refractivity contribution < 1.29 is 4.79 Å². The van der Waals surface area contributed by atoms with Gasteiger partial charge in [0.1, 0.15) is 28.6 Å². The standard InChI is InChI=1S/C14H13ClN6O/c1-19-13(17)12(14(18)22)9(16)4-2-8-3-5-11(15)21-7-20-6-10(8)21/h3,5-7,16,19H,17H2,1H3,(H2,18,22)/b13-12-,16-9?.